The van der Waals surface area contributed by atoms with Gasteiger partial charge < -0.3 is 4.42 Å². The summed E-state index contributed by atoms with van der Waals surface area (Å²) >= 11 is 1.79. The Bertz CT molecular complexity index is 3110. The van der Waals surface area contributed by atoms with Crippen molar-refractivity contribution in [3.05, 3.63) is 169 Å². The molecule has 0 spiro atoms. The fraction of sp³-hybridized carbons (Fsp3) is 0.0612. The van der Waals surface area contributed by atoms with Crippen molar-refractivity contribution in [3.63, 3.8) is 0 Å². The predicted octanol–water partition coefficient (Wildman–Crippen LogP) is 13.0. The van der Waals surface area contributed by atoms with Gasteiger partial charge in [0.2, 0.25) is 0 Å². The topological polar surface area (TPSA) is 64.7 Å². The molecule has 1 aliphatic carbocycles. The molecule has 0 fully saturated rings. The van der Waals surface area contributed by atoms with Crippen LogP contribution in [0.5, 0.6) is 0 Å². The minimum absolute atomic E-state index is 0.149. The first kappa shape index (κ1) is 31.7. The molecule has 0 radical (unpaired) electrons. The maximum Gasteiger partial charge on any atom is 0.167 e. The molecular weight excluding hydrogens is 693 g/mol. The molecule has 0 saturated heterocycles. The molecule has 260 valence electrons. The van der Waals surface area contributed by atoms with E-state index in [1.165, 1.54) is 32.5 Å². The molecule has 0 aliphatic heterocycles. The minimum atomic E-state index is -0.149. The van der Waals surface area contributed by atoms with E-state index in [9.17, 15) is 0 Å². The Morgan fingerprint density at radius 1 is 0.473 bits per heavy atom. The maximum absolute atomic E-state index is 6.40. The summed E-state index contributed by atoms with van der Waals surface area (Å²) in [7, 11) is 0. The average Bonchev–Trinajstić information content (AvgIpc) is 3.92. The van der Waals surface area contributed by atoms with Crippen LogP contribution in [-0.2, 0) is 5.41 Å². The van der Waals surface area contributed by atoms with Crippen LogP contribution < -0.4 is 0 Å². The van der Waals surface area contributed by atoms with E-state index in [0.717, 1.165) is 60.3 Å². The fourth-order valence-electron chi connectivity index (χ4n) is 8.17. The van der Waals surface area contributed by atoms with E-state index in [4.69, 9.17) is 24.4 Å². The Kier molecular flexibility index (Phi) is 7.00. The molecule has 0 amide bonds. The van der Waals surface area contributed by atoms with Gasteiger partial charge in [-0.25, -0.2) is 19.9 Å². The van der Waals surface area contributed by atoms with Crippen LogP contribution in [0.1, 0.15) is 25.0 Å². The Morgan fingerprint density at radius 2 is 1.11 bits per heavy atom. The van der Waals surface area contributed by atoms with Crippen molar-refractivity contribution in [1.82, 2.24) is 19.9 Å². The van der Waals surface area contributed by atoms with Gasteiger partial charge in [-0.2, -0.15) is 0 Å². The zero-order chi connectivity index (χ0) is 36.7. The molecule has 3 heterocycles. The Labute approximate surface area is 321 Å². The molecule has 0 N–H and O–H groups in total. The summed E-state index contributed by atoms with van der Waals surface area (Å²) in [5.74, 6) is 1.80. The highest BCUT2D eigenvalue weighted by molar-refractivity contribution is 7.22. The lowest BCUT2D eigenvalue weighted by Gasteiger charge is -2.22. The van der Waals surface area contributed by atoms with E-state index >= 15 is 0 Å². The zero-order valence-electron chi connectivity index (χ0n) is 30.1. The van der Waals surface area contributed by atoms with Gasteiger partial charge in [-0.1, -0.05) is 147 Å². The van der Waals surface area contributed by atoms with Crippen LogP contribution >= 0.6 is 11.3 Å². The minimum Gasteiger partial charge on any atom is -0.455 e. The molecule has 7 aromatic carbocycles. The number of furan rings is 1. The molecule has 3 aromatic heterocycles. The van der Waals surface area contributed by atoms with Gasteiger partial charge in [0.05, 0.1) is 15.8 Å². The van der Waals surface area contributed by atoms with Crippen molar-refractivity contribution < 1.29 is 4.42 Å². The summed E-state index contributed by atoms with van der Waals surface area (Å²) in [5.41, 5.74) is 13.9. The highest BCUT2D eigenvalue weighted by Crippen LogP contribution is 2.53. The third kappa shape index (κ3) is 5.06. The van der Waals surface area contributed by atoms with Gasteiger partial charge in [-0.05, 0) is 52.1 Å². The first-order valence-corrected chi connectivity index (χ1v) is 19.3. The summed E-state index contributed by atoms with van der Waals surface area (Å²) in [6.45, 7) is 4.67. The van der Waals surface area contributed by atoms with Crippen LogP contribution in [-0.4, -0.2) is 19.9 Å². The number of aromatic nitrogens is 4. The third-order valence-corrected chi connectivity index (χ3v) is 12.1. The zero-order valence-corrected chi connectivity index (χ0v) is 30.9. The molecular formula is C49H32N4OS. The second kappa shape index (κ2) is 12.1. The van der Waals surface area contributed by atoms with Crippen LogP contribution in [0, 0.1) is 0 Å². The summed E-state index contributed by atoms with van der Waals surface area (Å²) in [6.07, 6.45) is 0. The SMILES string of the molecule is CC1(C)c2cc(-c3ccc(-c4nc(-c5ccccc5)nc(-c5cccc6c5oc5ccccc56)n4)cc3)ccc2-c2c1ccc1nc(-c3ccccc3)sc21. The van der Waals surface area contributed by atoms with Gasteiger partial charge in [0.25, 0.3) is 0 Å². The Balaban J connectivity index is 0.985. The van der Waals surface area contributed by atoms with Crippen LogP contribution in [0.3, 0.4) is 0 Å². The van der Waals surface area contributed by atoms with Gasteiger partial charge in [-0.3, -0.25) is 0 Å². The molecule has 10 aromatic rings. The molecule has 0 bridgehead atoms. The first-order valence-electron chi connectivity index (χ1n) is 18.5. The highest BCUT2D eigenvalue weighted by Gasteiger charge is 2.37. The predicted molar refractivity (Wildman–Crippen MR) is 225 cm³/mol. The number of thiazole rings is 1. The second-order valence-electron chi connectivity index (χ2n) is 14.6. The standard InChI is InChI=1S/C49H32N4OS/c1-49(2)38-26-27-40-44(55-48(50-40)32-14-7-4-8-15-32)42(38)36-25-24-33(28-39(36)49)29-20-22-31(23-21-29)46-51-45(30-12-5-3-6-13-30)52-47(53-46)37-18-11-17-35-34-16-9-10-19-41(34)54-43(35)37/h3-28H,1-2H3. The van der Waals surface area contributed by atoms with Crippen LogP contribution in [0.15, 0.2) is 162 Å². The molecule has 1 aliphatic rings. The van der Waals surface area contributed by atoms with Gasteiger partial charge >= 0.3 is 0 Å². The third-order valence-electron chi connectivity index (χ3n) is 11.0. The molecule has 0 saturated carbocycles. The number of rotatable bonds is 5. The van der Waals surface area contributed by atoms with Gasteiger partial charge in [-0.15, -0.1) is 11.3 Å². The lowest BCUT2D eigenvalue weighted by atomic mass is 9.81. The molecule has 55 heavy (non-hydrogen) atoms. The van der Waals surface area contributed by atoms with E-state index in [1.54, 1.807) is 11.3 Å². The van der Waals surface area contributed by atoms with E-state index in [2.05, 4.69) is 111 Å². The Morgan fingerprint density at radius 3 is 1.89 bits per heavy atom. The normalized spacial score (nSPS) is 13.1. The van der Waals surface area contributed by atoms with Crippen molar-refractivity contribution in [2.75, 3.05) is 0 Å². The lowest BCUT2D eigenvalue weighted by Crippen LogP contribution is -2.14. The van der Waals surface area contributed by atoms with Gasteiger partial charge in [0.15, 0.2) is 17.5 Å². The quantitative estimate of drug-likeness (QED) is 0.177. The second-order valence-corrected chi connectivity index (χ2v) is 15.6. The smallest absolute Gasteiger partial charge is 0.167 e. The highest BCUT2D eigenvalue weighted by atomic mass is 32.1. The van der Waals surface area contributed by atoms with Crippen molar-refractivity contribution >= 4 is 43.5 Å². The number of benzene rings is 7. The summed E-state index contributed by atoms with van der Waals surface area (Å²) in [5, 5.41) is 3.16. The summed E-state index contributed by atoms with van der Waals surface area (Å²) in [6, 6.07) is 54.8. The molecule has 0 atom stereocenters. The summed E-state index contributed by atoms with van der Waals surface area (Å²) in [4.78, 5) is 20.1. The molecule has 0 unspecified atom stereocenters. The molecule has 11 rings (SSSR count). The van der Waals surface area contributed by atoms with Crippen LogP contribution in [0.25, 0.3) is 99.1 Å². The fourth-order valence-corrected chi connectivity index (χ4v) is 9.30. The van der Waals surface area contributed by atoms with Crippen molar-refractivity contribution in [2.24, 2.45) is 0 Å². The average molecular weight is 725 g/mol. The van der Waals surface area contributed by atoms with E-state index in [0.29, 0.717) is 17.5 Å². The molecule has 6 heteroatoms. The lowest BCUT2D eigenvalue weighted by molar-refractivity contribution is 0.661. The molecule has 5 nitrogen and oxygen atoms in total. The van der Waals surface area contributed by atoms with Crippen molar-refractivity contribution in [2.45, 2.75) is 19.3 Å². The first-order chi connectivity index (χ1) is 27.0. The van der Waals surface area contributed by atoms with Gasteiger partial charge in [0, 0.05) is 38.4 Å². The summed E-state index contributed by atoms with van der Waals surface area (Å²) < 4.78 is 7.65. The van der Waals surface area contributed by atoms with Crippen molar-refractivity contribution in [1.29, 1.82) is 0 Å². The van der Waals surface area contributed by atoms with E-state index in [-0.39, 0.29) is 5.41 Å². The van der Waals surface area contributed by atoms with Crippen LogP contribution in [0.4, 0.5) is 0 Å². The van der Waals surface area contributed by atoms with Gasteiger partial charge in [0.1, 0.15) is 16.2 Å². The number of hydrogen-bond donors (Lipinski definition) is 0. The number of fused-ring (bicyclic) bond motifs is 8. The van der Waals surface area contributed by atoms with E-state index in [1.807, 2.05) is 60.7 Å². The number of hydrogen-bond acceptors (Lipinski definition) is 6. The number of nitrogens with zero attached hydrogens (tertiary/aromatic N) is 4. The maximum atomic E-state index is 6.40. The largest absolute Gasteiger partial charge is 0.455 e. The number of para-hydroxylation sites is 2. The Hall–Kier alpha value is -6.76. The monoisotopic (exact) mass is 724 g/mol. The van der Waals surface area contributed by atoms with E-state index < -0.39 is 0 Å². The van der Waals surface area contributed by atoms with Crippen LogP contribution in [0.2, 0.25) is 0 Å². The van der Waals surface area contributed by atoms with Crippen molar-refractivity contribution in [3.8, 4) is 67.0 Å².